The average molecular weight is 294 g/mol. The Labute approximate surface area is 117 Å². The lowest BCUT2D eigenvalue weighted by Gasteiger charge is -2.07. The molecule has 6 heteroatoms. The van der Waals surface area contributed by atoms with Gasteiger partial charge in [0.1, 0.15) is 0 Å². The van der Waals surface area contributed by atoms with Crippen LogP contribution in [0.15, 0.2) is 30.3 Å². The summed E-state index contributed by atoms with van der Waals surface area (Å²) < 4.78 is 41.6. The van der Waals surface area contributed by atoms with E-state index >= 15 is 0 Å². The first-order chi connectivity index (χ1) is 9.49. The third kappa shape index (κ3) is 1.84. The fourth-order valence-electron chi connectivity index (χ4n) is 2.25. The van der Waals surface area contributed by atoms with Crippen molar-refractivity contribution in [2.24, 2.45) is 0 Å². The minimum atomic E-state index is -1.49. The van der Waals surface area contributed by atoms with E-state index in [-0.39, 0.29) is 5.69 Å². The number of aromatic nitrogens is 2. The van der Waals surface area contributed by atoms with Gasteiger partial charge in [0.05, 0.1) is 16.7 Å². The summed E-state index contributed by atoms with van der Waals surface area (Å²) >= 11 is 5.18. The molecule has 0 aliphatic carbocycles. The maximum absolute atomic E-state index is 13.4. The number of aryl methyl sites for hydroxylation is 1. The van der Waals surface area contributed by atoms with Gasteiger partial charge in [-0.15, -0.1) is 0 Å². The molecule has 0 aliphatic heterocycles. The molecule has 0 amide bonds. The Bertz CT molecular complexity index is 857. The lowest BCUT2D eigenvalue weighted by Crippen LogP contribution is -2.00. The minimum Gasteiger partial charge on any atom is -0.330 e. The molecule has 0 fully saturated rings. The van der Waals surface area contributed by atoms with Gasteiger partial charge in [0.25, 0.3) is 0 Å². The molecule has 1 heterocycles. The predicted octanol–water partition coefficient (Wildman–Crippen LogP) is 4.41. The van der Waals surface area contributed by atoms with Gasteiger partial charge in [-0.25, -0.2) is 13.2 Å². The van der Waals surface area contributed by atoms with E-state index in [1.165, 1.54) is 4.57 Å². The highest BCUT2D eigenvalue weighted by molar-refractivity contribution is 7.71. The molecular formula is C14H9F3N2S. The maximum Gasteiger partial charge on any atom is 0.194 e. The largest absolute Gasteiger partial charge is 0.330 e. The van der Waals surface area contributed by atoms with E-state index in [1.807, 2.05) is 25.1 Å². The van der Waals surface area contributed by atoms with Gasteiger partial charge in [0, 0.05) is 12.1 Å². The summed E-state index contributed by atoms with van der Waals surface area (Å²) in [7, 11) is 0. The predicted molar refractivity (Wildman–Crippen MR) is 73.1 cm³/mol. The molecular weight excluding hydrogens is 285 g/mol. The molecule has 3 aromatic rings. The second-order valence-corrected chi connectivity index (χ2v) is 4.85. The van der Waals surface area contributed by atoms with Crippen LogP contribution in [0, 0.1) is 29.1 Å². The molecule has 0 atom stereocenters. The summed E-state index contributed by atoms with van der Waals surface area (Å²) in [6.45, 7) is 1.86. The number of rotatable bonds is 1. The minimum absolute atomic E-state index is 0.145. The first-order valence-corrected chi connectivity index (χ1v) is 6.25. The summed E-state index contributed by atoms with van der Waals surface area (Å²) in [5, 5.41) is 0. The van der Waals surface area contributed by atoms with Gasteiger partial charge >= 0.3 is 0 Å². The highest BCUT2D eigenvalue weighted by Crippen LogP contribution is 2.24. The van der Waals surface area contributed by atoms with Gasteiger partial charge in [0.15, 0.2) is 22.2 Å². The topological polar surface area (TPSA) is 20.7 Å². The van der Waals surface area contributed by atoms with Crippen molar-refractivity contribution >= 4 is 23.3 Å². The number of hydrogen-bond donors (Lipinski definition) is 1. The molecule has 0 saturated carbocycles. The number of nitrogens with one attached hydrogen (secondary N) is 1. The Kier molecular flexibility index (Phi) is 2.90. The summed E-state index contributed by atoms with van der Waals surface area (Å²) in [5.74, 6) is -3.98. The summed E-state index contributed by atoms with van der Waals surface area (Å²) in [6.07, 6.45) is 0. The number of nitrogens with zero attached hydrogens (tertiary/aromatic N) is 1. The molecule has 0 bridgehead atoms. The number of hydrogen-bond acceptors (Lipinski definition) is 1. The zero-order valence-electron chi connectivity index (χ0n) is 10.4. The fraction of sp³-hybridized carbons (Fsp3) is 0.0714. The summed E-state index contributed by atoms with van der Waals surface area (Å²) in [5.41, 5.74) is 2.50. The first-order valence-electron chi connectivity index (χ1n) is 5.84. The van der Waals surface area contributed by atoms with E-state index in [4.69, 9.17) is 12.2 Å². The Morgan fingerprint density at radius 1 is 1.10 bits per heavy atom. The zero-order chi connectivity index (χ0) is 14.4. The number of benzene rings is 2. The standard InChI is InChI=1S/C14H9F3N2S/c1-7-3-2-4-11-13(7)19(14(20)18-11)8-5-9(15)12(17)10(16)6-8/h2-6H,1H3,(H,18,20). The molecule has 1 N–H and O–H groups in total. The summed E-state index contributed by atoms with van der Waals surface area (Å²) in [6, 6.07) is 7.36. The van der Waals surface area contributed by atoms with Crippen molar-refractivity contribution in [3.05, 3.63) is 58.1 Å². The molecule has 2 nitrogen and oxygen atoms in total. The van der Waals surface area contributed by atoms with Crippen molar-refractivity contribution in [2.75, 3.05) is 0 Å². The fourth-order valence-corrected chi connectivity index (χ4v) is 2.55. The van der Waals surface area contributed by atoms with E-state index in [0.29, 0.717) is 10.3 Å². The van der Waals surface area contributed by atoms with Crippen LogP contribution in [-0.4, -0.2) is 9.55 Å². The quantitative estimate of drug-likeness (QED) is 0.520. The van der Waals surface area contributed by atoms with Gasteiger partial charge in [-0.1, -0.05) is 12.1 Å². The lowest BCUT2D eigenvalue weighted by molar-refractivity contribution is 0.446. The number of imidazole rings is 1. The summed E-state index contributed by atoms with van der Waals surface area (Å²) in [4.78, 5) is 2.96. The van der Waals surface area contributed by atoms with Crippen LogP contribution in [0.1, 0.15) is 5.56 Å². The van der Waals surface area contributed by atoms with Crippen molar-refractivity contribution in [2.45, 2.75) is 6.92 Å². The third-order valence-corrected chi connectivity index (χ3v) is 3.42. The van der Waals surface area contributed by atoms with Crippen molar-refractivity contribution < 1.29 is 13.2 Å². The normalized spacial score (nSPS) is 11.2. The molecule has 20 heavy (non-hydrogen) atoms. The smallest absolute Gasteiger partial charge is 0.194 e. The Morgan fingerprint density at radius 2 is 1.75 bits per heavy atom. The molecule has 2 aromatic carbocycles. The van der Waals surface area contributed by atoms with Crippen LogP contribution in [0.3, 0.4) is 0 Å². The van der Waals surface area contributed by atoms with Crippen molar-refractivity contribution in [3.8, 4) is 5.69 Å². The molecule has 0 radical (unpaired) electrons. The van der Waals surface area contributed by atoms with Crippen LogP contribution in [0.25, 0.3) is 16.7 Å². The second-order valence-electron chi connectivity index (χ2n) is 4.46. The van der Waals surface area contributed by atoms with E-state index < -0.39 is 17.5 Å². The van der Waals surface area contributed by atoms with Crippen LogP contribution in [0.5, 0.6) is 0 Å². The highest BCUT2D eigenvalue weighted by atomic mass is 32.1. The Balaban J connectivity index is 2.41. The van der Waals surface area contributed by atoms with E-state index in [1.54, 1.807) is 0 Å². The van der Waals surface area contributed by atoms with Crippen LogP contribution in [0.2, 0.25) is 0 Å². The SMILES string of the molecule is Cc1cccc2[nH]c(=S)n(-c3cc(F)c(F)c(F)c3)c12. The molecule has 102 valence electrons. The monoisotopic (exact) mass is 294 g/mol. The van der Waals surface area contributed by atoms with Gasteiger partial charge in [-0.2, -0.15) is 0 Å². The Hall–Kier alpha value is -2.08. The van der Waals surface area contributed by atoms with Gasteiger partial charge in [-0.3, -0.25) is 4.57 Å². The van der Waals surface area contributed by atoms with Gasteiger partial charge in [-0.05, 0) is 30.8 Å². The van der Waals surface area contributed by atoms with Gasteiger partial charge in [0.2, 0.25) is 0 Å². The molecule has 1 aromatic heterocycles. The number of H-pyrrole nitrogens is 1. The number of aromatic amines is 1. The molecule has 0 unspecified atom stereocenters. The zero-order valence-corrected chi connectivity index (χ0v) is 11.2. The number of fused-ring (bicyclic) bond motifs is 1. The average Bonchev–Trinajstić information content (AvgIpc) is 2.73. The molecule has 0 aliphatic rings. The first kappa shape index (κ1) is 12.9. The van der Waals surface area contributed by atoms with Crippen LogP contribution in [-0.2, 0) is 0 Å². The second kappa shape index (κ2) is 4.49. The van der Waals surface area contributed by atoms with Crippen molar-refractivity contribution in [3.63, 3.8) is 0 Å². The van der Waals surface area contributed by atoms with E-state index in [9.17, 15) is 13.2 Å². The van der Waals surface area contributed by atoms with Crippen LogP contribution < -0.4 is 0 Å². The van der Waals surface area contributed by atoms with Crippen LogP contribution >= 0.6 is 12.2 Å². The van der Waals surface area contributed by atoms with Crippen LogP contribution in [0.4, 0.5) is 13.2 Å². The lowest BCUT2D eigenvalue weighted by atomic mass is 10.2. The van der Waals surface area contributed by atoms with E-state index in [0.717, 1.165) is 23.2 Å². The van der Waals surface area contributed by atoms with Crippen molar-refractivity contribution in [1.82, 2.24) is 9.55 Å². The maximum atomic E-state index is 13.4. The van der Waals surface area contributed by atoms with Gasteiger partial charge < -0.3 is 4.98 Å². The number of para-hydroxylation sites is 1. The Morgan fingerprint density at radius 3 is 2.40 bits per heavy atom. The van der Waals surface area contributed by atoms with E-state index in [2.05, 4.69) is 4.98 Å². The molecule has 3 rings (SSSR count). The molecule has 0 saturated heterocycles. The number of halogens is 3. The highest BCUT2D eigenvalue weighted by Gasteiger charge is 2.15. The third-order valence-electron chi connectivity index (χ3n) is 3.13. The molecule has 0 spiro atoms. The van der Waals surface area contributed by atoms with Crippen molar-refractivity contribution in [1.29, 1.82) is 0 Å².